The van der Waals surface area contributed by atoms with E-state index in [9.17, 15) is 14.7 Å². The van der Waals surface area contributed by atoms with E-state index in [1.54, 1.807) is 0 Å². The van der Waals surface area contributed by atoms with Gasteiger partial charge in [-0.25, -0.2) is 0 Å². The number of nitrogens with zero attached hydrogens (tertiary/aromatic N) is 1. The Morgan fingerprint density at radius 3 is 2.29 bits per heavy atom. The van der Waals surface area contributed by atoms with Crippen LogP contribution >= 0.6 is 11.6 Å². The van der Waals surface area contributed by atoms with Crippen molar-refractivity contribution < 1.29 is 28.9 Å². The molecule has 0 saturated carbocycles. The maximum atomic E-state index is 13.7. The van der Waals surface area contributed by atoms with E-state index in [2.05, 4.69) is 5.32 Å². The lowest BCUT2D eigenvalue weighted by Gasteiger charge is -2.27. The molecule has 1 unspecified atom stereocenters. The monoisotopic (exact) mass is 590 g/mol. The van der Waals surface area contributed by atoms with Gasteiger partial charge in [0, 0.05) is 35.6 Å². The number of fused-ring (bicyclic) bond motifs is 2. The van der Waals surface area contributed by atoms with Crippen LogP contribution in [0.1, 0.15) is 53.6 Å². The number of aryl methyl sites for hydroxylation is 2. The van der Waals surface area contributed by atoms with Crippen molar-refractivity contribution in [3.05, 3.63) is 81.4 Å². The van der Waals surface area contributed by atoms with E-state index in [0.29, 0.717) is 42.9 Å². The third-order valence-corrected chi connectivity index (χ3v) is 8.79. The Morgan fingerprint density at radius 2 is 1.57 bits per heavy atom. The minimum absolute atomic E-state index is 0.0397. The summed E-state index contributed by atoms with van der Waals surface area (Å²) in [6, 6.07) is 14.8. The molecule has 3 aromatic rings. The highest BCUT2D eigenvalue weighted by Gasteiger charge is 2.48. The van der Waals surface area contributed by atoms with Gasteiger partial charge in [-0.15, -0.1) is 0 Å². The number of carboxylic acid groups (broad SMARTS) is 1. The molecule has 0 aliphatic carbocycles. The van der Waals surface area contributed by atoms with E-state index in [4.69, 9.17) is 25.8 Å². The van der Waals surface area contributed by atoms with Crippen LogP contribution in [0.15, 0.2) is 48.5 Å². The summed E-state index contributed by atoms with van der Waals surface area (Å²) in [5.74, 6) is -0.141. The summed E-state index contributed by atoms with van der Waals surface area (Å²) in [6.07, 6.45) is 2.22. The van der Waals surface area contributed by atoms with E-state index in [1.165, 1.54) is 0 Å². The van der Waals surface area contributed by atoms with Crippen molar-refractivity contribution in [3.8, 4) is 17.2 Å². The fraction of sp³-hybridized carbons (Fsp3) is 0.394. The van der Waals surface area contributed by atoms with E-state index < -0.39 is 17.9 Å². The number of hydrogen-bond donors (Lipinski definition) is 2. The van der Waals surface area contributed by atoms with Gasteiger partial charge in [0.05, 0.1) is 19.1 Å². The average molecular weight is 591 g/mol. The predicted octanol–water partition coefficient (Wildman–Crippen LogP) is 5.65. The van der Waals surface area contributed by atoms with Crippen LogP contribution in [0.5, 0.6) is 17.2 Å². The van der Waals surface area contributed by atoms with E-state index in [1.807, 2.05) is 67.3 Å². The van der Waals surface area contributed by atoms with Gasteiger partial charge in [-0.2, -0.15) is 0 Å². The van der Waals surface area contributed by atoms with Crippen molar-refractivity contribution in [1.82, 2.24) is 4.90 Å². The maximum absolute atomic E-state index is 13.7. The second-order valence-corrected chi connectivity index (χ2v) is 11.5. The number of halogens is 1. The standard InChI is InChI=1S/C33H35ClN2O6/c1-3-19-14-24(34)15-20(4-2)31(19)35-29(37)18-36-17-25(21-5-8-27-28(16-21)42-12-11-41-27)30(33(38)39)32(36)23-6-7-26-22(13-23)9-10-40-26/h5-8,13-16,25,30,32H,3-4,9-12,17-18H2,1-2H3,(H,35,37)(H,38,39)/t25-,30?,32+/m1/s1. The lowest BCUT2D eigenvalue weighted by molar-refractivity contribution is -0.143. The van der Waals surface area contributed by atoms with Crippen LogP contribution in [0, 0.1) is 5.92 Å². The molecule has 0 bridgehead atoms. The van der Waals surface area contributed by atoms with Gasteiger partial charge in [-0.05, 0) is 71.0 Å². The van der Waals surface area contributed by atoms with Crippen LogP contribution in [0.4, 0.5) is 5.69 Å². The summed E-state index contributed by atoms with van der Waals surface area (Å²) in [5.41, 5.74) is 5.52. The molecule has 0 radical (unpaired) electrons. The van der Waals surface area contributed by atoms with E-state index >= 15 is 0 Å². The molecule has 3 aliphatic heterocycles. The normalized spacial score (nSPS) is 21.1. The Labute approximate surface area is 250 Å². The Balaban J connectivity index is 1.35. The van der Waals surface area contributed by atoms with Gasteiger partial charge >= 0.3 is 5.97 Å². The molecule has 6 rings (SSSR count). The number of amides is 1. The number of carbonyl (C=O) groups is 2. The molecule has 1 saturated heterocycles. The number of carboxylic acids is 1. The third-order valence-electron chi connectivity index (χ3n) is 8.57. The van der Waals surface area contributed by atoms with E-state index in [-0.39, 0.29) is 18.4 Å². The first kappa shape index (κ1) is 28.4. The largest absolute Gasteiger partial charge is 0.493 e. The number of hydrogen-bond acceptors (Lipinski definition) is 6. The highest BCUT2D eigenvalue weighted by atomic mass is 35.5. The molecule has 2 N–H and O–H groups in total. The molecule has 3 heterocycles. The van der Waals surface area contributed by atoms with Gasteiger partial charge < -0.3 is 24.6 Å². The van der Waals surface area contributed by atoms with Crippen LogP contribution in [-0.2, 0) is 28.9 Å². The molecule has 3 atom stereocenters. The van der Waals surface area contributed by atoms with Crippen LogP contribution < -0.4 is 19.5 Å². The molecule has 0 spiro atoms. The highest BCUT2D eigenvalue weighted by molar-refractivity contribution is 6.30. The lowest BCUT2D eigenvalue weighted by Crippen LogP contribution is -2.35. The molecular weight excluding hydrogens is 556 g/mol. The summed E-state index contributed by atoms with van der Waals surface area (Å²) >= 11 is 6.34. The van der Waals surface area contributed by atoms with E-state index in [0.717, 1.165) is 58.5 Å². The second kappa shape index (κ2) is 11.9. The fourth-order valence-electron chi connectivity index (χ4n) is 6.62. The molecule has 3 aromatic carbocycles. The van der Waals surface area contributed by atoms with Crippen LogP contribution in [0.25, 0.3) is 0 Å². The molecule has 1 fully saturated rings. The average Bonchev–Trinajstić information content (AvgIpc) is 3.62. The third kappa shape index (κ3) is 5.41. The summed E-state index contributed by atoms with van der Waals surface area (Å²) in [4.78, 5) is 28.7. The molecule has 0 aromatic heterocycles. The van der Waals surface area contributed by atoms with Crippen LogP contribution in [0.2, 0.25) is 5.02 Å². The number of aliphatic carboxylic acids is 1. The van der Waals surface area contributed by atoms with Gasteiger partial charge in [0.2, 0.25) is 5.91 Å². The van der Waals surface area contributed by atoms with Gasteiger partial charge in [-0.1, -0.05) is 43.6 Å². The minimum Gasteiger partial charge on any atom is -0.493 e. The zero-order valence-electron chi connectivity index (χ0n) is 23.8. The summed E-state index contributed by atoms with van der Waals surface area (Å²) in [6.45, 7) is 6.03. The second-order valence-electron chi connectivity index (χ2n) is 11.1. The van der Waals surface area contributed by atoms with Crippen molar-refractivity contribution in [1.29, 1.82) is 0 Å². The van der Waals surface area contributed by atoms with Crippen molar-refractivity contribution >= 4 is 29.2 Å². The zero-order chi connectivity index (χ0) is 29.4. The Morgan fingerprint density at radius 1 is 0.905 bits per heavy atom. The topological polar surface area (TPSA) is 97.3 Å². The van der Waals surface area contributed by atoms with Crippen molar-refractivity contribution in [2.75, 3.05) is 38.2 Å². The first-order valence-electron chi connectivity index (χ1n) is 14.6. The Hall–Kier alpha value is -3.75. The molecule has 42 heavy (non-hydrogen) atoms. The lowest BCUT2D eigenvalue weighted by atomic mass is 9.82. The molecule has 1 amide bonds. The SMILES string of the molecule is CCc1cc(Cl)cc(CC)c1NC(=O)CN1C[C@H](c2ccc3c(c2)OCCO3)C(C(=O)O)[C@@H]1c1ccc2c(c1)CCO2. The van der Waals surface area contributed by atoms with Gasteiger partial charge in [0.1, 0.15) is 19.0 Å². The van der Waals surface area contributed by atoms with Gasteiger partial charge in [0.25, 0.3) is 0 Å². The summed E-state index contributed by atoms with van der Waals surface area (Å²) < 4.78 is 17.2. The highest BCUT2D eigenvalue weighted by Crippen LogP contribution is 2.48. The van der Waals surface area contributed by atoms with Crippen LogP contribution in [0.3, 0.4) is 0 Å². The van der Waals surface area contributed by atoms with Crippen molar-refractivity contribution in [2.24, 2.45) is 5.92 Å². The maximum Gasteiger partial charge on any atom is 0.309 e. The first-order valence-corrected chi connectivity index (χ1v) is 15.0. The van der Waals surface area contributed by atoms with Gasteiger partial charge in [-0.3, -0.25) is 14.5 Å². The van der Waals surface area contributed by atoms with Gasteiger partial charge in [0.15, 0.2) is 11.5 Å². The molecule has 3 aliphatic rings. The summed E-state index contributed by atoms with van der Waals surface area (Å²) in [7, 11) is 0. The Kier molecular flexibility index (Phi) is 8.01. The zero-order valence-corrected chi connectivity index (χ0v) is 24.6. The first-order chi connectivity index (χ1) is 20.4. The molecule has 9 heteroatoms. The number of anilines is 1. The number of carbonyl (C=O) groups excluding carboxylic acids is 1. The predicted molar refractivity (Wildman–Crippen MR) is 160 cm³/mol. The van der Waals surface area contributed by atoms with Crippen molar-refractivity contribution in [2.45, 2.75) is 45.1 Å². The van der Waals surface area contributed by atoms with Crippen LogP contribution in [-0.4, -0.2) is 54.8 Å². The molecule has 220 valence electrons. The Bertz CT molecular complexity index is 1500. The number of benzene rings is 3. The minimum atomic E-state index is -0.904. The summed E-state index contributed by atoms with van der Waals surface area (Å²) in [5, 5.41) is 14.4. The number of rotatable bonds is 8. The number of likely N-dealkylation sites (tertiary alicyclic amines) is 1. The number of nitrogens with one attached hydrogen (secondary N) is 1. The molecule has 8 nitrogen and oxygen atoms in total. The van der Waals surface area contributed by atoms with Crippen molar-refractivity contribution in [3.63, 3.8) is 0 Å². The fourth-order valence-corrected chi connectivity index (χ4v) is 6.88. The molecular formula is C33H35ClN2O6. The number of ether oxygens (including phenoxy) is 3. The smallest absolute Gasteiger partial charge is 0.309 e. The quantitative estimate of drug-likeness (QED) is 0.350.